The zero-order valence-electron chi connectivity index (χ0n) is 13.2. The largest absolute Gasteiger partial charge is 0.479 e. The van der Waals surface area contributed by atoms with Gasteiger partial charge in [0.2, 0.25) is 0 Å². The Morgan fingerprint density at radius 3 is 2.39 bits per heavy atom. The van der Waals surface area contributed by atoms with Crippen LogP contribution in [-0.4, -0.2) is 39.4 Å². The molecule has 1 aromatic carbocycles. The van der Waals surface area contributed by atoms with Crippen molar-refractivity contribution in [3.8, 4) is 0 Å². The Morgan fingerprint density at radius 2 is 1.87 bits per heavy atom. The highest BCUT2D eigenvalue weighted by molar-refractivity contribution is 5.99. The molecule has 0 heterocycles. The van der Waals surface area contributed by atoms with Gasteiger partial charge >= 0.3 is 5.97 Å². The van der Waals surface area contributed by atoms with Crippen molar-refractivity contribution in [3.05, 3.63) is 39.4 Å². The van der Waals surface area contributed by atoms with Crippen LogP contribution < -0.4 is 0 Å². The van der Waals surface area contributed by atoms with Crippen molar-refractivity contribution in [2.24, 2.45) is 0 Å². The van der Waals surface area contributed by atoms with E-state index in [0.717, 1.165) is 19.3 Å². The van der Waals surface area contributed by atoms with E-state index >= 15 is 0 Å². The van der Waals surface area contributed by atoms with Gasteiger partial charge < -0.3 is 10.0 Å². The second-order valence-corrected chi connectivity index (χ2v) is 6.02. The summed E-state index contributed by atoms with van der Waals surface area (Å²) in [6, 6.07) is 4.06. The molecule has 1 fully saturated rings. The first-order valence-corrected chi connectivity index (χ1v) is 7.56. The molecule has 1 aliphatic rings. The fourth-order valence-electron chi connectivity index (χ4n) is 3.16. The van der Waals surface area contributed by atoms with Crippen LogP contribution in [-0.2, 0) is 4.79 Å². The number of nitrogens with zero attached hydrogens (tertiary/aromatic N) is 2. The molecule has 1 aromatic rings. The number of aliphatic carboxylic acids is 1. The predicted molar refractivity (Wildman–Crippen MR) is 83.4 cm³/mol. The normalized spacial score (nSPS) is 16.6. The molecular weight excluding hydrogens is 300 g/mol. The SMILES string of the molecule is Cc1ccc([N+](=O)[O-])cc1C(=O)N(C)C1(C(=O)O)CCCCC1. The number of hydrogen-bond donors (Lipinski definition) is 1. The first-order chi connectivity index (χ1) is 10.8. The van der Waals surface area contributed by atoms with E-state index in [0.29, 0.717) is 18.4 Å². The van der Waals surface area contributed by atoms with Crippen molar-refractivity contribution in [3.63, 3.8) is 0 Å². The minimum absolute atomic E-state index is 0.174. The number of nitro benzene ring substituents is 1. The Labute approximate surface area is 134 Å². The van der Waals surface area contributed by atoms with E-state index in [9.17, 15) is 24.8 Å². The van der Waals surface area contributed by atoms with Gasteiger partial charge in [0.05, 0.1) is 4.92 Å². The summed E-state index contributed by atoms with van der Waals surface area (Å²) in [7, 11) is 1.47. The number of aryl methyl sites for hydroxylation is 1. The minimum atomic E-state index is -1.23. The van der Waals surface area contributed by atoms with Crippen molar-refractivity contribution in [1.29, 1.82) is 0 Å². The molecule has 7 heteroatoms. The lowest BCUT2D eigenvalue weighted by atomic mass is 9.80. The van der Waals surface area contributed by atoms with Gasteiger partial charge in [-0.25, -0.2) is 4.79 Å². The van der Waals surface area contributed by atoms with Gasteiger partial charge in [-0.2, -0.15) is 0 Å². The van der Waals surface area contributed by atoms with Crippen molar-refractivity contribution >= 4 is 17.6 Å². The van der Waals surface area contributed by atoms with Gasteiger partial charge in [0.15, 0.2) is 0 Å². The third-order valence-corrected chi connectivity index (χ3v) is 4.69. The fourth-order valence-corrected chi connectivity index (χ4v) is 3.16. The Morgan fingerprint density at radius 1 is 1.26 bits per heavy atom. The van der Waals surface area contributed by atoms with Crippen LogP contribution in [0.15, 0.2) is 18.2 Å². The van der Waals surface area contributed by atoms with Crippen LogP contribution in [0.5, 0.6) is 0 Å². The van der Waals surface area contributed by atoms with Crippen LogP contribution in [0, 0.1) is 17.0 Å². The van der Waals surface area contributed by atoms with E-state index in [1.54, 1.807) is 6.92 Å². The van der Waals surface area contributed by atoms with Crippen molar-refractivity contribution in [2.75, 3.05) is 7.05 Å². The minimum Gasteiger partial charge on any atom is -0.479 e. The molecule has 0 spiro atoms. The molecule has 0 atom stereocenters. The first-order valence-electron chi connectivity index (χ1n) is 7.56. The zero-order valence-corrected chi connectivity index (χ0v) is 13.2. The first kappa shape index (κ1) is 16.9. The molecule has 0 unspecified atom stereocenters. The summed E-state index contributed by atoms with van der Waals surface area (Å²) in [5.41, 5.74) is -0.649. The Bertz CT molecular complexity index is 650. The fraction of sp³-hybridized carbons (Fsp3) is 0.500. The van der Waals surface area contributed by atoms with Gasteiger partial charge in [-0.1, -0.05) is 25.3 Å². The molecule has 0 aromatic heterocycles. The molecule has 0 aliphatic heterocycles. The summed E-state index contributed by atoms with van der Waals surface area (Å²) in [5.74, 6) is -1.51. The second-order valence-electron chi connectivity index (χ2n) is 6.02. The number of carboxylic acid groups (broad SMARTS) is 1. The highest BCUT2D eigenvalue weighted by atomic mass is 16.6. The second kappa shape index (κ2) is 6.36. The lowest BCUT2D eigenvalue weighted by Gasteiger charge is -2.41. The van der Waals surface area contributed by atoms with Crippen LogP contribution >= 0.6 is 0 Å². The highest BCUT2D eigenvalue weighted by Crippen LogP contribution is 2.34. The Hall–Kier alpha value is -2.44. The van der Waals surface area contributed by atoms with E-state index in [2.05, 4.69) is 0 Å². The summed E-state index contributed by atoms with van der Waals surface area (Å²) in [4.78, 5) is 36.2. The summed E-state index contributed by atoms with van der Waals surface area (Å²) in [6.45, 7) is 1.68. The maximum absolute atomic E-state index is 12.8. The molecule has 0 bridgehead atoms. The maximum Gasteiger partial charge on any atom is 0.329 e. The lowest BCUT2D eigenvalue weighted by Crippen LogP contribution is -2.56. The van der Waals surface area contributed by atoms with Crippen LogP contribution in [0.2, 0.25) is 0 Å². The van der Waals surface area contributed by atoms with E-state index in [1.165, 1.54) is 30.1 Å². The Kier molecular flexibility index (Phi) is 4.68. The standard InChI is InChI=1S/C16H20N2O5/c1-11-6-7-12(18(22)23)10-13(11)14(19)17(2)16(15(20)21)8-4-3-5-9-16/h6-7,10H,3-5,8-9H2,1-2H3,(H,20,21). The van der Waals surface area contributed by atoms with Crippen LogP contribution in [0.4, 0.5) is 5.69 Å². The van der Waals surface area contributed by atoms with Gasteiger partial charge in [-0.05, 0) is 25.3 Å². The average Bonchev–Trinajstić information content (AvgIpc) is 2.54. The number of nitro groups is 1. The van der Waals surface area contributed by atoms with Crippen molar-refractivity contribution in [2.45, 2.75) is 44.6 Å². The number of carbonyl (C=O) groups is 2. The van der Waals surface area contributed by atoms with Crippen molar-refractivity contribution < 1.29 is 19.6 Å². The Balaban J connectivity index is 2.40. The van der Waals surface area contributed by atoms with Gasteiger partial charge in [0, 0.05) is 24.7 Å². The number of benzene rings is 1. The number of likely N-dealkylation sites (N-methyl/N-ethyl adjacent to an activating group) is 1. The van der Waals surface area contributed by atoms with Gasteiger partial charge in [-0.15, -0.1) is 0 Å². The van der Waals surface area contributed by atoms with E-state index < -0.39 is 22.3 Å². The molecular formula is C16H20N2O5. The number of amides is 1. The highest BCUT2D eigenvalue weighted by Gasteiger charge is 2.45. The third kappa shape index (κ3) is 3.04. The topological polar surface area (TPSA) is 101 Å². The quantitative estimate of drug-likeness (QED) is 0.679. The molecule has 23 heavy (non-hydrogen) atoms. The van der Waals surface area contributed by atoms with Crippen molar-refractivity contribution in [1.82, 2.24) is 4.90 Å². The molecule has 124 valence electrons. The molecule has 1 N–H and O–H groups in total. The van der Waals surface area contributed by atoms with E-state index in [4.69, 9.17) is 0 Å². The van der Waals surface area contributed by atoms with E-state index in [-0.39, 0.29) is 11.3 Å². The monoisotopic (exact) mass is 320 g/mol. The summed E-state index contributed by atoms with van der Waals surface area (Å²) >= 11 is 0. The van der Waals surface area contributed by atoms with E-state index in [1.807, 2.05) is 0 Å². The number of carbonyl (C=O) groups excluding carboxylic acids is 1. The molecule has 1 saturated carbocycles. The van der Waals surface area contributed by atoms with Gasteiger partial charge in [0.25, 0.3) is 11.6 Å². The summed E-state index contributed by atoms with van der Waals surface area (Å²) < 4.78 is 0. The molecule has 2 rings (SSSR count). The zero-order chi connectivity index (χ0) is 17.2. The predicted octanol–water partition coefficient (Wildman–Crippen LogP) is 2.76. The molecule has 0 saturated heterocycles. The van der Waals surface area contributed by atoms with Crippen LogP contribution in [0.25, 0.3) is 0 Å². The lowest BCUT2D eigenvalue weighted by molar-refractivity contribution is -0.384. The molecule has 1 amide bonds. The number of non-ortho nitro benzene ring substituents is 1. The molecule has 0 radical (unpaired) electrons. The molecule has 1 aliphatic carbocycles. The molecule has 7 nitrogen and oxygen atoms in total. The number of carboxylic acids is 1. The number of hydrogen-bond acceptors (Lipinski definition) is 4. The third-order valence-electron chi connectivity index (χ3n) is 4.69. The average molecular weight is 320 g/mol. The smallest absolute Gasteiger partial charge is 0.329 e. The number of rotatable bonds is 4. The van der Waals surface area contributed by atoms with Crippen LogP contribution in [0.1, 0.15) is 48.0 Å². The summed E-state index contributed by atoms with van der Waals surface area (Å²) in [6.07, 6.45) is 3.25. The maximum atomic E-state index is 12.8. The van der Waals surface area contributed by atoms with Gasteiger partial charge in [-0.3, -0.25) is 14.9 Å². The van der Waals surface area contributed by atoms with Gasteiger partial charge in [0.1, 0.15) is 5.54 Å². The van der Waals surface area contributed by atoms with Crippen LogP contribution in [0.3, 0.4) is 0 Å². The summed E-state index contributed by atoms with van der Waals surface area (Å²) in [5, 5.41) is 20.6.